The first-order valence-corrected chi connectivity index (χ1v) is 10.7. The predicted molar refractivity (Wildman–Crippen MR) is 121 cm³/mol. The summed E-state index contributed by atoms with van der Waals surface area (Å²) in [5.74, 6) is 0.253. The van der Waals surface area contributed by atoms with E-state index in [0.29, 0.717) is 16.6 Å². The van der Waals surface area contributed by atoms with Crippen molar-refractivity contribution in [3.05, 3.63) is 62.6 Å². The lowest BCUT2D eigenvalue weighted by Gasteiger charge is -2.14. The second-order valence-electron chi connectivity index (χ2n) is 7.85. The molecule has 0 fully saturated rings. The van der Waals surface area contributed by atoms with Gasteiger partial charge >= 0.3 is 0 Å². The van der Waals surface area contributed by atoms with Crippen molar-refractivity contribution < 1.29 is 4.79 Å². The molecule has 0 bridgehead atoms. The van der Waals surface area contributed by atoms with Crippen LogP contribution in [-0.4, -0.2) is 32.0 Å². The Labute approximate surface area is 187 Å². The molecular formula is C22H27Cl2N5O. The summed E-state index contributed by atoms with van der Waals surface area (Å²) in [5, 5.41) is 13.1. The zero-order valence-corrected chi connectivity index (χ0v) is 19.5. The Morgan fingerprint density at radius 3 is 2.47 bits per heavy atom. The van der Waals surface area contributed by atoms with Crippen LogP contribution in [0.25, 0.3) is 5.69 Å². The van der Waals surface area contributed by atoms with Crippen LogP contribution in [0.15, 0.2) is 24.3 Å². The van der Waals surface area contributed by atoms with Crippen LogP contribution in [0, 0.1) is 33.6 Å². The molecule has 3 aromatic rings. The molecule has 2 heterocycles. The van der Waals surface area contributed by atoms with Crippen LogP contribution < -0.4 is 5.32 Å². The van der Waals surface area contributed by atoms with Gasteiger partial charge in [0.1, 0.15) is 0 Å². The molecule has 1 unspecified atom stereocenters. The van der Waals surface area contributed by atoms with E-state index >= 15 is 0 Å². The van der Waals surface area contributed by atoms with Crippen LogP contribution in [0.4, 0.5) is 0 Å². The van der Waals surface area contributed by atoms with Crippen molar-refractivity contribution in [3.63, 3.8) is 0 Å². The summed E-state index contributed by atoms with van der Waals surface area (Å²) in [6.07, 6.45) is 0.283. The van der Waals surface area contributed by atoms with Crippen LogP contribution in [0.1, 0.15) is 35.3 Å². The van der Waals surface area contributed by atoms with Crippen molar-refractivity contribution >= 4 is 29.1 Å². The fourth-order valence-electron chi connectivity index (χ4n) is 3.53. The molecule has 0 aliphatic carbocycles. The molecule has 1 N–H and O–H groups in total. The highest BCUT2D eigenvalue weighted by atomic mass is 35.5. The van der Waals surface area contributed by atoms with Gasteiger partial charge in [-0.3, -0.25) is 9.48 Å². The van der Waals surface area contributed by atoms with Gasteiger partial charge in [0, 0.05) is 30.0 Å². The summed E-state index contributed by atoms with van der Waals surface area (Å²) in [6, 6.07) is 7.43. The molecule has 0 spiro atoms. The number of amides is 1. The van der Waals surface area contributed by atoms with E-state index in [4.69, 9.17) is 23.2 Å². The minimum atomic E-state index is -0.0184. The number of benzene rings is 1. The first-order valence-electron chi connectivity index (χ1n) is 9.94. The van der Waals surface area contributed by atoms with Crippen molar-refractivity contribution in [1.29, 1.82) is 0 Å². The van der Waals surface area contributed by atoms with Crippen LogP contribution in [0.5, 0.6) is 0 Å². The number of halogens is 2. The number of nitrogens with zero attached hydrogens (tertiary/aromatic N) is 4. The first-order chi connectivity index (χ1) is 14.2. The van der Waals surface area contributed by atoms with E-state index in [2.05, 4.69) is 28.5 Å². The lowest BCUT2D eigenvalue weighted by molar-refractivity contribution is -0.120. The fourth-order valence-corrected chi connectivity index (χ4v) is 3.82. The molecule has 3 rings (SSSR count). The number of carbonyl (C=O) groups excluding carboxylic acids is 1. The molecule has 0 saturated carbocycles. The average Bonchev–Trinajstić information content (AvgIpc) is 3.14. The third kappa shape index (κ3) is 5.05. The Kier molecular flexibility index (Phi) is 6.88. The number of hydrogen-bond donors (Lipinski definition) is 1. The molecule has 160 valence electrons. The second kappa shape index (κ2) is 9.23. The van der Waals surface area contributed by atoms with Crippen LogP contribution in [-0.2, 0) is 17.8 Å². The Hall–Kier alpha value is -2.31. The van der Waals surface area contributed by atoms with Gasteiger partial charge in [-0.15, -0.1) is 0 Å². The summed E-state index contributed by atoms with van der Waals surface area (Å²) in [4.78, 5) is 12.6. The Balaban J connectivity index is 1.63. The van der Waals surface area contributed by atoms with E-state index in [0.717, 1.165) is 40.6 Å². The minimum absolute atomic E-state index is 0.0184. The minimum Gasteiger partial charge on any atom is -0.355 e. The first kappa shape index (κ1) is 22.4. The van der Waals surface area contributed by atoms with Gasteiger partial charge in [-0.25, -0.2) is 4.68 Å². The van der Waals surface area contributed by atoms with Gasteiger partial charge in [0.25, 0.3) is 0 Å². The Bertz CT molecular complexity index is 1070. The third-order valence-electron chi connectivity index (χ3n) is 5.16. The molecule has 30 heavy (non-hydrogen) atoms. The zero-order chi connectivity index (χ0) is 22.0. The van der Waals surface area contributed by atoms with Crippen LogP contribution >= 0.6 is 23.2 Å². The molecule has 1 amide bonds. The molecule has 8 heteroatoms. The molecule has 0 aliphatic rings. The number of hydrogen-bond acceptors (Lipinski definition) is 3. The number of nitrogens with one attached hydrogen (secondary N) is 1. The summed E-state index contributed by atoms with van der Waals surface area (Å²) in [6.45, 7) is 11.4. The number of rotatable bonds is 7. The normalized spacial score (nSPS) is 12.2. The van der Waals surface area contributed by atoms with Gasteiger partial charge in [-0.2, -0.15) is 10.2 Å². The van der Waals surface area contributed by atoms with Crippen molar-refractivity contribution in [2.75, 3.05) is 6.54 Å². The van der Waals surface area contributed by atoms with Crippen LogP contribution in [0.2, 0.25) is 10.0 Å². The maximum Gasteiger partial charge on any atom is 0.224 e. The molecule has 1 atom stereocenters. The van der Waals surface area contributed by atoms with E-state index in [1.54, 1.807) is 16.8 Å². The summed E-state index contributed by atoms with van der Waals surface area (Å²) in [5.41, 5.74) is 5.61. The predicted octanol–water partition coefficient (Wildman–Crippen LogP) is 4.60. The number of aryl methyl sites for hydroxylation is 3. The van der Waals surface area contributed by atoms with E-state index < -0.39 is 0 Å². The lowest BCUT2D eigenvalue weighted by atomic mass is 10.1. The Morgan fingerprint density at radius 1 is 1.10 bits per heavy atom. The highest BCUT2D eigenvalue weighted by Gasteiger charge is 2.17. The molecule has 2 aromatic heterocycles. The van der Waals surface area contributed by atoms with Gasteiger partial charge in [0.2, 0.25) is 5.91 Å². The molecule has 0 radical (unpaired) electrons. The highest BCUT2D eigenvalue weighted by molar-refractivity contribution is 6.42. The standard InChI is InChI=1S/C22H27Cl2N5O/c1-13(12-28-15(3)8-14(2)26-28)11-25-22(30)10-19-16(4)27-29(17(19)5)18-6-7-20(23)21(24)9-18/h6-9,13H,10-12H2,1-5H3,(H,25,30). The van der Waals surface area contributed by atoms with Crippen molar-refractivity contribution in [2.45, 2.75) is 47.6 Å². The van der Waals surface area contributed by atoms with Gasteiger partial charge in [0.15, 0.2) is 0 Å². The maximum absolute atomic E-state index is 12.6. The molecule has 0 aliphatic heterocycles. The van der Waals surface area contributed by atoms with Gasteiger partial charge < -0.3 is 5.32 Å². The van der Waals surface area contributed by atoms with E-state index in [1.807, 2.05) is 38.4 Å². The van der Waals surface area contributed by atoms with Crippen molar-refractivity contribution in [2.24, 2.45) is 5.92 Å². The number of aromatic nitrogens is 4. The second-order valence-corrected chi connectivity index (χ2v) is 8.67. The average molecular weight is 448 g/mol. The fraction of sp³-hybridized carbons (Fsp3) is 0.409. The van der Waals surface area contributed by atoms with Gasteiger partial charge in [0.05, 0.1) is 33.5 Å². The quantitative estimate of drug-likeness (QED) is 0.575. The number of carbonyl (C=O) groups is 1. The van der Waals surface area contributed by atoms with E-state index in [9.17, 15) is 4.79 Å². The largest absolute Gasteiger partial charge is 0.355 e. The summed E-state index contributed by atoms with van der Waals surface area (Å²) in [7, 11) is 0. The van der Waals surface area contributed by atoms with Gasteiger partial charge in [-0.05, 0) is 57.9 Å². The van der Waals surface area contributed by atoms with Crippen LogP contribution in [0.3, 0.4) is 0 Å². The molecule has 0 saturated heterocycles. The van der Waals surface area contributed by atoms with E-state index in [1.165, 1.54) is 0 Å². The Morgan fingerprint density at radius 2 is 1.83 bits per heavy atom. The maximum atomic E-state index is 12.6. The summed E-state index contributed by atoms with van der Waals surface area (Å²) < 4.78 is 3.79. The lowest BCUT2D eigenvalue weighted by Crippen LogP contribution is -2.31. The smallest absolute Gasteiger partial charge is 0.224 e. The van der Waals surface area contributed by atoms with E-state index in [-0.39, 0.29) is 18.2 Å². The van der Waals surface area contributed by atoms with Crippen molar-refractivity contribution in [1.82, 2.24) is 24.9 Å². The third-order valence-corrected chi connectivity index (χ3v) is 5.90. The van der Waals surface area contributed by atoms with Gasteiger partial charge in [-0.1, -0.05) is 30.1 Å². The monoisotopic (exact) mass is 447 g/mol. The molecule has 6 nitrogen and oxygen atoms in total. The zero-order valence-electron chi connectivity index (χ0n) is 18.0. The highest BCUT2D eigenvalue weighted by Crippen LogP contribution is 2.26. The molecular weight excluding hydrogens is 421 g/mol. The van der Waals surface area contributed by atoms with Crippen molar-refractivity contribution in [3.8, 4) is 5.69 Å². The molecule has 1 aromatic carbocycles. The topological polar surface area (TPSA) is 64.7 Å². The SMILES string of the molecule is Cc1cc(C)n(CC(C)CNC(=O)Cc2c(C)nn(-c3ccc(Cl)c(Cl)c3)c2C)n1. The summed E-state index contributed by atoms with van der Waals surface area (Å²) >= 11 is 12.2.